The van der Waals surface area contributed by atoms with Crippen LogP contribution >= 0.6 is 0 Å². The first kappa shape index (κ1) is 16.9. The number of rotatable bonds is 6. The third-order valence-electron chi connectivity index (χ3n) is 5.64. The molecule has 1 aromatic carbocycles. The van der Waals surface area contributed by atoms with Crippen LogP contribution in [0.4, 0.5) is 0 Å². The van der Waals surface area contributed by atoms with Crippen molar-refractivity contribution >= 4 is 0 Å². The largest absolute Gasteiger partial charge is 0.382 e. The minimum Gasteiger partial charge on any atom is -0.382 e. The van der Waals surface area contributed by atoms with Gasteiger partial charge in [0.2, 0.25) is 0 Å². The minimum absolute atomic E-state index is 0.140. The lowest BCUT2D eigenvalue weighted by molar-refractivity contribution is -0.0728. The average Bonchev–Trinajstić information content (AvgIpc) is 2.95. The molecule has 1 atom stereocenters. The van der Waals surface area contributed by atoms with Crippen LogP contribution in [0.2, 0.25) is 0 Å². The first-order chi connectivity index (χ1) is 11.2. The van der Waals surface area contributed by atoms with Crippen molar-refractivity contribution in [1.82, 2.24) is 4.90 Å². The first-order valence-electron chi connectivity index (χ1n) is 9.21. The Labute approximate surface area is 141 Å². The van der Waals surface area contributed by atoms with Crippen molar-refractivity contribution in [3.05, 3.63) is 35.4 Å². The van der Waals surface area contributed by atoms with Gasteiger partial charge in [-0.15, -0.1) is 0 Å². The van der Waals surface area contributed by atoms with Crippen LogP contribution in [0.1, 0.15) is 43.7 Å². The molecule has 1 aromatic rings. The maximum atomic E-state index is 6.26. The molecule has 0 aromatic heterocycles. The number of aryl methyl sites for hydroxylation is 1. The summed E-state index contributed by atoms with van der Waals surface area (Å²) in [6.07, 6.45) is 4.72. The van der Waals surface area contributed by atoms with Crippen LogP contribution in [-0.2, 0) is 16.0 Å². The fourth-order valence-corrected chi connectivity index (χ4v) is 4.16. The summed E-state index contributed by atoms with van der Waals surface area (Å²) < 4.78 is 11.8. The molecule has 0 amide bonds. The van der Waals surface area contributed by atoms with E-state index < -0.39 is 0 Å². The van der Waals surface area contributed by atoms with Gasteiger partial charge in [0, 0.05) is 39.5 Å². The lowest BCUT2D eigenvalue weighted by Gasteiger charge is -2.42. The van der Waals surface area contributed by atoms with Crippen molar-refractivity contribution in [1.29, 1.82) is 0 Å². The van der Waals surface area contributed by atoms with E-state index in [9.17, 15) is 0 Å². The molecule has 2 fully saturated rings. The second-order valence-electron chi connectivity index (χ2n) is 7.15. The highest BCUT2D eigenvalue weighted by Gasteiger charge is 2.45. The van der Waals surface area contributed by atoms with Gasteiger partial charge in [0.1, 0.15) is 0 Å². The number of piperidine rings is 1. The molecule has 0 radical (unpaired) electrons. The van der Waals surface area contributed by atoms with Crippen molar-refractivity contribution in [2.24, 2.45) is 5.92 Å². The van der Waals surface area contributed by atoms with Crippen LogP contribution < -0.4 is 0 Å². The monoisotopic (exact) mass is 317 g/mol. The Morgan fingerprint density at radius 1 is 1.22 bits per heavy atom. The second kappa shape index (κ2) is 7.78. The topological polar surface area (TPSA) is 21.7 Å². The van der Waals surface area contributed by atoms with Crippen LogP contribution in [0.25, 0.3) is 0 Å². The Hall–Kier alpha value is -0.900. The molecule has 0 saturated carbocycles. The molecule has 2 aliphatic heterocycles. The Balaban J connectivity index is 1.51. The molecular formula is C20H31NO2. The third-order valence-corrected chi connectivity index (χ3v) is 5.64. The van der Waals surface area contributed by atoms with Gasteiger partial charge in [0.05, 0.1) is 5.60 Å². The zero-order valence-corrected chi connectivity index (χ0v) is 14.7. The fourth-order valence-electron chi connectivity index (χ4n) is 4.16. The highest BCUT2D eigenvalue weighted by atomic mass is 16.5. The summed E-state index contributed by atoms with van der Waals surface area (Å²) in [5.41, 5.74) is 2.90. The lowest BCUT2D eigenvalue weighted by Crippen LogP contribution is -2.47. The SMILES string of the molecule is CCOCCC1CCOC12CCN(Cc1ccc(C)cc1)CC2. The van der Waals surface area contributed by atoms with Crippen LogP contribution in [0.3, 0.4) is 0 Å². The van der Waals surface area contributed by atoms with Gasteiger partial charge in [0.15, 0.2) is 0 Å². The summed E-state index contributed by atoms with van der Waals surface area (Å²) in [6.45, 7) is 10.2. The minimum atomic E-state index is 0.140. The molecule has 128 valence electrons. The Morgan fingerprint density at radius 2 is 1.96 bits per heavy atom. The highest BCUT2D eigenvalue weighted by Crippen LogP contribution is 2.42. The van der Waals surface area contributed by atoms with Crippen LogP contribution in [0, 0.1) is 12.8 Å². The maximum Gasteiger partial charge on any atom is 0.0736 e. The number of hydrogen-bond acceptors (Lipinski definition) is 3. The van der Waals surface area contributed by atoms with Crippen LogP contribution in [-0.4, -0.2) is 43.4 Å². The first-order valence-corrected chi connectivity index (χ1v) is 9.21. The molecule has 2 aliphatic rings. The third kappa shape index (κ3) is 4.14. The van der Waals surface area contributed by atoms with Crippen LogP contribution in [0.15, 0.2) is 24.3 Å². The Bertz CT molecular complexity index is 477. The molecule has 23 heavy (non-hydrogen) atoms. The van der Waals surface area contributed by atoms with E-state index in [2.05, 4.69) is 43.0 Å². The van der Waals surface area contributed by atoms with Gasteiger partial charge in [-0.2, -0.15) is 0 Å². The van der Waals surface area contributed by atoms with E-state index in [0.717, 1.165) is 45.9 Å². The van der Waals surface area contributed by atoms with Gasteiger partial charge in [-0.1, -0.05) is 29.8 Å². The summed E-state index contributed by atoms with van der Waals surface area (Å²) in [7, 11) is 0. The van der Waals surface area contributed by atoms with E-state index in [1.54, 1.807) is 0 Å². The smallest absolute Gasteiger partial charge is 0.0736 e. The summed E-state index contributed by atoms with van der Waals surface area (Å²) in [4.78, 5) is 2.58. The molecular weight excluding hydrogens is 286 g/mol. The van der Waals surface area contributed by atoms with E-state index in [1.807, 2.05) is 0 Å². The lowest BCUT2D eigenvalue weighted by atomic mass is 9.78. The Kier molecular flexibility index (Phi) is 5.73. The van der Waals surface area contributed by atoms with Crippen molar-refractivity contribution in [2.75, 3.05) is 32.9 Å². The Morgan fingerprint density at radius 3 is 2.65 bits per heavy atom. The number of likely N-dealkylation sites (tertiary alicyclic amines) is 1. The molecule has 3 rings (SSSR count). The highest BCUT2D eigenvalue weighted by molar-refractivity contribution is 5.21. The molecule has 0 bridgehead atoms. The van der Waals surface area contributed by atoms with Gasteiger partial charge in [0.25, 0.3) is 0 Å². The van der Waals surface area contributed by atoms with E-state index >= 15 is 0 Å². The summed E-state index contributed by atoms with van der Waals surface area (Å²) in [6, 6.07) is 8.95. The summed E-state index contributed by atoms with van der Waals surface area (Å²) >= 11 is 0. The van der Waals surface area contributed by atoms with E-state index in [0.29, 0.717) is 5.92 Å². The average molecular weight is 317 g/mol. The number of nitrogens with zero attached hydrogens (tertiary/aromatic N) is 1. The molecule has 1 unspecified atom stereocenters. The predicted octanol–water partition coefficient (Wildman–Crippen LogP) is 3.79. The standard InChI is InChI=1S/C20H31NO2/c1-3-22-14-8-19-9-15-23-20(19)10-12-21(13-11-20)16-18-6-4-17(2)5-7-18/h4-7,19H,3,8-16H2,1-2H3. The van der Waals surface area contributed by atoms with Crippen molar-refractivity contribution < 1.29 is 9.47 Å². The molecule has 0 N–H and O–H groups in total. The predicted molar refractivity (Wildman–Crippen MR) is 93.6 cm³/mol. The van der Waals surface area contributed by atoms with E-state index in [1.165, 1.54) is 30.4 Å². The molecule has 0 aliphatic carbocycles. The number of benzene rings is 1. The molecule has 3 nitrogen and oxygen atoms in total. The zero-order valence-electron chi connectivity index (χ0n) is 14.7. The van der Waals surface area contributed by atoms with Gasteiger partial charge in [-0.05, 0) is 51.0 Å². The van der Waals surface area contributed by atoms with E-state index in [-0.39, 0.29) is 5.60 Å². The summed E-state index contributed by atoms with van der Waals surface area (Å²) in [5.74, 6) is 0.690. The van der Waals surface area contributed by atoms with Crippen LogP contribution in [0.5, 0.6) is 0 Å². The normalized spacial score (nSPS) is 24.3. The maximum absolute atomic E-state index is 6.26. The van der Waals surface area contributed by atoms with Gasteiger partial charge >= 0.3 is 0 Å². The quantitative estimate of drug-likeness (QED) is 0.745. The summed E-state index contributed by atoms with van der Waals surface area (Å²) in [5, 5.41) is 0. The molecule has 1 spiro atoms. The molecule has 2 heterocycles. The van der Waals surface area contributed by atoms with Gasteiger partial charge in [-0.25, -0.2) is 0 Å². The molecule has 2 saturated heterocycles. The van der Waals surface area contributed by atoms with E-state index in [4.69, 9.17) is 9.47 Å². The number of ether oxygens (including phenoxy) is 2. The second-order valence-corrected chi connectivity index (χ2v) is 7.15. The fraction of sp³-hybridized carbons (Fsp3) is 0.700. The zero-order chi connectivity index (χ0) is 16.1. The number of hydrogen-bond donors (Lipinski definition) is 0. The van der Waals surface area contributed by atoms with Crippen molar-refractivity contribution in [2.45, 2.75) is 51.7 Å². The van der Waals surface area contributed by atoms with Gasteiger partial charge in [-0.3, -0.25) is 4.90 Å². The van der Waals surface area contributed by atoms with Gasteiger partial charge < -0.3 is 9.47 Å². The van der Waals surface area contributed by atoms with Crippen molar-refractivity contribution in [3.63, 3.8) is 0 Å². The molecule has 3 heteroatoms. The van der Waals surface area contributed by atoms with Crippen molar-refractivity contribution in [3.8, 4) is 0 Å².